The number of rotatable bonds is 3. The molecule has 0 spiro atoms. The van der Waals surface area contributed by atoms with E-state index in [0.717, 1.165) is 6.42 Å². The molecule has 0 saturated carbocycles. The molecule has 0 atom stereocenters. The third kappa shape index (κ3) is 3.21. The van der Waals surface area contributed by atoms with Crippen LogP contribution in [0.5, 0.6) is 0 Å². The molecule has 0 radical (unpaired) electrons. The van der Waals surface area contributed by atoms with Crippen LogP contribution in [0.25, 0.3) is 43.1 Å². The highest BCUT2D eigenvalue weighted by molar-refractivity contribution is 6.11. The van der Waals surface area contributed by atoms with E-state index < -0.39 is 0 Å². The predicted molar refractivity (Wildman–Crippen MR) is 145 cm³/mol. The van der Waals surface area contributed by atoms with Gasteiger partial charge in [-0.1, -0.05) is 111 Å². The Hall–Kier alpha value is -3.64. The van der Waals surface area contributed by atoms with Crippen molar-refractivity contribution in [1.29, 1.82) is 0 Å². The molecule has 0 heteroatoms. The predicted octanol–water partition coefficient (Wildman–Crippen LogP) is 9.32. The summed E-state index contributed by atoms with van der Waals surface area (Å²) in [4.78, 5) is 0. The zero-order valence-corrected chi connectivity index (χ0v) is 19.5. The quantitative estimate of drug-likeness (QED) is 0.248. The average Bonchev–Trinajstić information content (AvgIpc) is 2.84. The van der Waals surface area contributed by atoms with Gasteiger partial charge in [-0.15, -0.1) is 0 Å². The van der Waals surface area contributed by atoms with Crippen molar-refractivity contribution >= 4 is 43.1 Å². The van der Waals surface area contributed by atoms with Crippen molar-refractivity contribution in [3.05, 3.63) is 119 Å². The van der Waals surface area contributed by atoms with Gasteiger partial charge in [-0.25, -0.2) is 0 Å². The minimum Gasteiger partial charge on any atom is -0.0616 e. The molecule has 0 fully saturated rings. The molecule has 0 saturated heterocycles. The molecule has 0 bridgehead atoms. The van der Waals surface area contributed by atoms with Crippen molar-refractivity contribution in [3.63, 3.8) is 0 Å². The van der Waals surface area contributed by atoms with Crippen molar-refractivity contribution in [1.82, 2.24) is 0 Å². The summed E-state index contributed by atoms with van der Waals surface area (Å²) < 4.78 is 0. The molecule has 0 aromatic heterocycles. The van der Waals surface area contributed by atoms with Crippen LogP contribution in [0.15, 0.2) is 97.1 Å². The van der Waals surface area contributed by atoms with Crippen LogP contribution in [0.3, 0.4) is 0 Å². The number of fused-ring (bicyclic) bond motifs is 6. The maximum absolute atomic E-state index is 2.44. The van der Waals surface area contributed by atoms with E-state index in [1.807, 2.05) is 0 Å². The average molecular weight is 425 g/mol. The fourth-order valence-electron chi connectivity index (χ4n) is 5.79. The van der Waals surface area contributed by atoms with Crippen LogP contribution in [-0.2, 0) is 6.42 Å². The van der Waals surface area contributed by atoms with Gasteiger partial charge in [0.15, 0.2) is 0 Å². The molecule has 0 amide bonds. The molecule has 6 aromatic rings. The number of hydrogen-bond donors (Lipinski definition) is 0. The zero-order chi connectivity index (χ0) is 22.5. The lowest BCUT2D eigenvalue weighted by molar-refractivity contribution is 0.869. The van der Waals surface area contributed by atoms with Crippen LogP contribution in [0.4, 0.5) is 0 Å². The molecule has 0 unspecified atom stereocenters. The molecule has 33 heavy (non-hydrogen) atoms. The molecule has 0 aliphatic carbocycles. The maximum atomic E-state index is 2.44. The Morgan fingerprint density at radius 2 is 1.12 bits per heavy atom. The van der Waals surface area contributed by atoms with Gasteiger partial charge >= 0.3 is 0 Å². The van der Waals surface area contributed by atoms with E-state index in [2.05, 4.69) is 118 Å². The molecular formula is C33H28. The Kier molecular flexibility index (Phi) is 4.69. The first kappa shape index (κ1) is 20.0. The molecule has 6 rings (SSSR count). The van der Waals surface area contributed by atoms with Crippen molar-refractivity contribution in [2.45, 2.75) is 33.1 Å². The third-order valence-corrected chi connectivity index (χ3v) is 7.23. The number of benzene rings is 6. The fourth-order valence-corrected chi connectivity index (χ4v) is 5.79. The highest BCUT2D eigenvalue weighted by Gasteiger charge is 2.15. The molecule has 0 aliphatic heterocycles. The fraction of sp³-hybridized carbons (Fsp3) is 0.152. The van der Waals surface area contributed by atoms with E-state index in [1.54, 1.807) is 0 Å². The Morgan fingerprint density at radius 1 is 0.545 bits per heavy atom. The minimum absolute atomic E-state index is 0.493. The van der Waals surface area contributed by atoms with E-state index in [9.17, 15) is 0 Å². The van der Waals surface area contributed by atoms with Gasteiger partial charge < -0.3 is 0 Å². The molecule has 0 heterocycles. The summed E-state index contributed by atoms with van der Waals surface area (Å²) in [5, 5.41) is 10.9. The van der Waals surface area contributed by atoms with E-state index in [4.69, 9.17) is 0 Å². The van der Waals surface area contributed by atoms with Gasteiger partial charge in [0.25, 0.3) is 0 Å². The largest absolute Gasteiger partial charge is 0.0616 e. The third-order valence-electron chi connectivity index (χ3n) is 7.23. The Balaban J connectivity index is 1.57. The van der Waals surface area contributed by atoms with Gasteiger partial charge in [0, 0.05) is 0 Å². The van der Waals surface area contributed by atoms with Crippen molar-refractivity contribution in [2.24, 2.45) is 0 Å². The van der Waals surface area contributed by atoms with Crippen molar-refractivity contribution in [2.75, 3.05) is 0 Å². The summed E-state index contributed by atoms with van der Waals surface area (Å²) >= 11 is 0. The first-order valence-electron chi connectivity index (χ1n) is 11.9. The maximum Gasteiger partial charge on any atom is -0.00192 e. The Bertz CT molecular complexity index is 1670. The summed E-state index contributed by atoms with van der Waals surface area (Å²) in [6.07, 6.45) is 0.935. The first-order chi connectivity index (χ1) is 16.1. The molecule has 0 nitrogen and oxygen atoms in total. The van der Waals surface area contributed by atoms with Gasteiger partial charge in [-0.2, -0.15) is 0 Å². The second-order valence-corrected chi connectivity index (χ2v) is 9.60. The lowest BCUT2D eigenvalue weighted by atomic mass is 9.86. The lowest BCUT2D eigenvalue weighted by Gasteiger charge is -2.18. The van der Waals surface area contributed by atoms with Crippen LogP contribution in [0, 0.1) is 6.92 Å². The SMILES string of the molecule is Cc1c(C(C)C)c2ccccc2c2ccc(Cc3cc4ccccc4c4ccccc34)cc12. The van der Waals surface area contributed by atoms with Crippen LogP contribution >= 0.6 is 0 Å². The van der Waals surface area contributed by atoms with E-state index in [0.29, 0.717) is 5.92 Å². The van der Waals surface area contributed by atoms with Crippen molar-refractivity contribution < 1.29 is 0 Å². The van der Waals surface area contributed by atoms with Gasteiger partial charge in [0.05, 0.1) is 0 Å². The summed E-state index contributed by atoms with van der Waals surface area (Å²) in [6.45, 7) is 6.93. The van der Waals surface area contributed by atoms with E-state index in [1.165, 1.54) is 65.3 Å². The Labute approximate surface area is 195 Å². The monoisotopic (exact) mass is 424 g/mol. The van der Waals surface area contributed by atoms with E-state index >= 15 is 0 Å². The molecular weight excluding hydrogens is 396 g/mol. The summed E-state index contributed by atoms with van der Waals surface area (Å²) in [5.41, 5.74) is 5.66. The summed E-state index contributed by atoms with van der Waals surface area (Å²) in [5.74, 6) is 0.493. The second-order valence-electron chi connectivity index (χ2n) is 9.60. The van der Waals surface area contributed by atoms with Crippen molar-refractivity contribution in [3.8, 4) is 0 Å². The van der Waals surface area contributed by atoms with Gasteiger partial charge in [0.2, 0.25) is 0 Å². The van der Waals surface area contributed by atoms with E-state index in [-0.39, 0.29) is 0 Å². The van der Waals surface area contributed by atoms with Gasteiger partial charge in [0.1, 0.15) is 0 Å². The first-order valence-corrected chi connectivity index (χ1v) is 11.9. The van der Waals surface area contributed by atoms with Gasteiger partial charge in [-0.3, -0.25) is 0 Å². The molecule has 0 aliphatic rings. The topological polar surface area (TPSA) is 0 Å². The molecule has 6 aromatic carbocycles. The standard InChI is InChI=1S/C33H28/c1-21(2)33-22(3)32-19-23(16-17-30(32)29-14-8-9-15-31(29)33)18-25-20-24-10-4-5-11-26(24)28-13-7-6-12-27(25)28/h4-17,19-21H,18H2,1-3H3. The highest BCUT2D eigenvalue weighted by Crippen LogP contribution is 2.37. The summed E-state index contributed by atoms with van der Waals surface area (Å²) in [6, 6.07) is 36.0. The summed E-state index contributed by atoms with van der Waals surface area (Å²) in [7, 11) is 0. The second kappa shape index (κ2) is 7.74. The molecule has 160 valence electrons. The highest BCUT2D eigenvalue weighted by atomic mass is 14.2. The Morgan fingerprint density at radius 3 is 1.85 bits per heavy atom. The number of aryl methyl sites for hydroxylation is 1. The molecule has 0 N–H and O–H groups in total. The smallest absolute Gasteiger partial charge is 0.00192 e. The zero-order valence-electron chi connectivity index (χ0n) is 19.5. The van der Waals surface area contributed by atoms with Crippen LogP contribution in [-0.4, -0.2) is 0 Å². The van der Waals surface area contributed by atoms with Gasteiger partial charge in [-0.05, 0) is 84.6 Å². The van der Waals surface area contributed by atoms with Crippen LogP contribution in [0.1, 0.15) is 42.0 Å². The lowest BCUT2D eigenvalue weighted by Crippen LogP contribution is -1.97. The number of hydrogen-bond acceptors (Lipinski definition) is 0. The van der Waals surface area contributed by atoms with Crippen LogP contribution in [0.2, 0.25) is 0 Å². The van der Waals surface area contributed by atoms with Crippen LogP contribution < -0.4 is 0 Å². The normalized spacial score (nSPS) is 11.9. The minimum atomic E-state index is 0.493.